The summed E-state index contributed by atoms with van der Waals surface area (Å²) in [5.74, 6) is -2.13. The van der Waals surface area contributed by atoms with Crippen molar-refractivity contribution in [2.24, 2.45) is 0 Å². The molecule has 2 aromatic rings. The molecule has 0 fully saturated rings. The Labute approximate surface area is 156 Å². The molecular formula is C18H20F2N2O4S. The Hall–Kier alpha value is -2.68. The van der Waals surface area contributed by atoms with Crippen LogP contribution in [0, 0.1) is 11.6 Å². The number of anilines is 1. The van der Waals surface area contributed by atoms with Crippen LogP contribution >= 0.6 is 0 Å². The zero-order valence-electron chi connectivity index (χ0n) is 14.9. The SMILES string of the molecule is COc1cccc(CCNC(=O)CN(c2c(F)cccc2F)S(C)(=O)=O)c1. The van der Waals surface area contributed by atoms with E-state index in [4.69, 9.17) is 4.74 Å². The lowest BCUT2D eigenvalue weighted by atomic mass is 10.1. The lowest BCUT2D eigenvalue weighted by Crippen LogP contribution is -2.41. The maximum atomic E-state index is 13.9. The zero-order valence-corrected chi connectivity index (χ0v) is 15.7. The van der Waals surface area contributed by atoms with E-state index in [1.165, 1.54) is 0 Å². The maximum Gasteiger partial charge on any atom is 0.240 e. The molecule has 0 aliphatic carbocycles. The fourth-order valence-corrected chi connectivity index (χ4v) is 3.31. The van der Waals surface area contributed by atoms with Crippen molar-refractivity contribution >= 4 is 21.6 Å². The highest BCUT2D eigenvalue weighted by molar-refractivity contribution is 7.92. The van der Waals surface area contributed by atoms with Crippen LogP contribution in [-0.4, -0.2) is 40.8 Å². The van der Waals surface area contributed by atoms with Crippen molar-refractivity contribution in [1.29, 1.82) is 0 Å². The Balaban J connectivity index is 2.04. The smallest absolute Gasteiger partial charge is 0.240 e. The van der Waals surface area contributed by atoms with Gasteiger partial charge in [0.15, 0.2) is 11.6 Å². The minimum absolute atomic E-state index is 0.226. The largest absolute Gasteiger partial charge is 0.497 e. The van der Waals surface area contributed by atoms with Crippen LogP contribution in [0.3, 0.4) is 0 Å². The number of nitrogens with one attached hydrogen (secondary N) is 1. The molecule has 1 N–H and O–H groups in total. The summed E-state index contributed by atoms with van der Waals surface area (Å²) in [7, 11) is -2.52. The van der Waals surface area contributed by atoms with Gasteiger partial charge in [-0.2, -0.15) is 0 Å². The molecule has 1 amide bonds. The van der Waals surface area contributed by atoms with Crippen LogP contribution in [0.5, 0.6) is 5.75 Å². The number of carbonyl (C=O) groups is 1. The molecule has 2 rings (SSSR count). The molecule has 0 saturated carbocycles. The molecule has 0 unspecified atom stereocenters. The monoisotopic (exact) mass is 398 g/mol. The van der Waals surface area contributed by atoms with E-state index in [0.717, 1.165) is 30.0 Å². The third kappa shape index (κ3) is 5.65. The summed E-state index contributed by atoms with van der Waals surface area (Å²) in [4.78, 5) is 12.1. The Morgan fingerprint density at radius 1 is 1.15 bits per heavy atom. The van der Waals surface area contributed by atoms with E-state index >= 15 is 0 Å². The highest BCUT2D eigenvalue weighted by atomic mass is 32.2. The third-order valence-corrected chi connectivity index (χ3v) is 4.86. The van der Waals surface area contributed by atoms with Gasteiger partial charge in [-0.25, -0.2) is 17.2 Å². The normalized spacial score (nSPS) is 11.1. The Bertz CT molecular complexity index is 899. The number of halogens is 2. The van der Waals surface area contributed by atoms with Gasteiger partial charge >= 0.3 is 0 Å². The lowest BCUT2D eigenvalue weighted by Gasteiger charge is -2.22. The first kappa shape index (κ1) is 20.6. The molecule has 0 atom stereocenters. The second-order valence-corrected chi connectivity index (χ2v) is 7.70. The average molecular weight is 398 g/mol. The quantitative estimate of drug-likeness (QED) is 0.739. The van der Waals surface area contributed by atoms with Crippen LogP contribution in [0.15, 0.2) is 42.5 Å². The van der Waals surface area contributed by atoms with Crippen molar-refractivity contribution in [2.75, 3.05) is 30.8 Å². The van der Waals surface area contributed by atoms with Crippen LogP contribution in [0.2, 0.25) is 0 Å². The summed E-state index contributed by atoms with van der Waals surface area (Å²) in [6.45, 7) is -0.502. The Morgan fingerprint density at radius 3 is 2.37 bits per heavy atom. The van der Waals surface area contributed by atoms with Gasteiger partial charge in [0.1, 0.15) is 18.0 Å². The number of amides is 1. The van der Waals surface area contributed by atoms with Gasteiger partial charge in [-0.1, -0.05) is 18.2 Å². The molecular weight excluding hydrogens is 378 g/mol. The van der Waals surface area contributed by atoms with Crippen LogP contribution in [0.1, 0.15) is 5.56 Å². The lowest BCUT2D eigenvalue weighted by molar-refractivity contribution is -0.119. The molecule has 146 valence electrons. The maximum absolute atomic E-state index is 13.9. The van der Waals surface area contributed by atoms with Crippen LogP contribution in [-0.2, 0) is 21.2 Å². The fraction of sp³-hybridized carbons (Fsp3) is 0.278. The van der Waals surface area contributed by atoms with Gasteiger partial charge in [0.05, 0.1) is 13.4 Å². The summed E-state index contributed by atoms with van der Waals surface area (Å²) < 4.78 is 57.3. The molecule has 0 aromatic heterocycles. The standard InChI is InChI=1S/C18H20F2N2O4S/c1-26-14-6-3-5-13(11-14)9-10-21-17(23)12-22(27(2,24)25)18-15(19)7-4-8-16(18)20/h3-8,11H,9-10,12H2,1-2H3,(H,21,23). The van der Waals surface area contributed by atoms with Crippen molar-refractivity contribution in [1.82, 2.24) is 5.32 Å². The minimum atomic E-state index is -4.07. The minimum Gasteiger partial charge on any atom is -0.497 e. The molecule has 0 aliphatic heterocycles. The second kappa shape index (κ2) is 8.81. The molecule has 0 heterocycles. The topological polar surface area (TPSA) is 75.7 Å². The third-order valence-electron chi connectivity index (χ3n) is 3.74. The predicted octanol–water partition coefficient (Wildman–Crippen LogP) is 2.10. The first-order valence-corrected chi connectivity index (χ1v) is 9.88. The van der Waals surface area contributed by atoms with Gasteiger partial charge < -0.3 is 10.1 Å². The van der Waals surface area contributed by atoms with E-state index in [9.17, 15) is 22.0 Å². The van der Waals surface area contributed by atoms with E-state index < -0.39 is 39.8 Å². The summed E-state index contributed by atoms with van der Waals surface area (Å²) in [5.41, 5.74) is 0.137. The number of rotatable bonds is 8. The molecule has 0 spiro atoms. The number of sulfonamides is 1. The molecule has 27 heavy (non-hydrogen) atoms. The molecule has 0 aliphatic rings. The first-order valence-electron chi connectivity index (χ1n) is 8.03. The number of hydrogen-bond acceptors (Lipinski definition) is 4. The van der Waals surface area contributed by atoms with E-state index in [1.54, 1.807) is 13.2 Å². The molecule has 6 nitrogen and oxygen atoms in total. The Kier molecular flexibility index (Phi) is 6.73. The zero-order chi connectivity index (χ0) is 20.0. The number of benzene rings is 2. The van der Waals surface area contributed by atoms with Crippen molar-refractivity contribution in [3.8, 4) is 5.75 Å². The fourth-order valence-electron chi connectivity index (χ4n) is 2.45. The summed E-state index contributed by atoms with van der Waals surface area (Å²) >= 11 is 0. The van der Waals surface area contributed by atoms with Crippen molar-refractivity contribution in [3.63, 3.8) is 0 Å². The number of ether oxygens (including phenoxy) is 1. The Morgan fingerprint density at radius 2 is 1.78 bits per heavy atom. The number of nitrogens with zero attached hydrogens (tertiary/aromatic N) is 1. The number of methoxy groups -OCH3 is 1. The highest BCUT2D eigenvalue weighted by Gasteiger charge is 2.26. The first-order chi connectivity index (χ1) is 12.7. The van der Waals surface area contributed by atoms with Gasteiger partial charge in [-0.15, -0.1) is 0 Å². The predicted molar refractivity (Wildman–Crippen MR) is 98.3 cm³/mol. The van der Waals surface area contributed by atoms with E-state index in [1.807, 2.05) is 18.2 Å². The van der Waals surface area contributed by atoms with Crippen LogP contribution in [0.25, 0.3) is 0 Å². The van der Waals surface area contributed by atoms with Gasteiger partial charge in [-0.3, -0.25) is 9.10 Å². The number of para-hydroxylation sites is 1. The van der Waals surface area contributed by atoms with Crippen molar-refractivity contribution in [2.45, 2.75) is 6.42 Å². The molecule has 0 bridgehead atoms. The summed E-state index contributed by atoms with van der Waals surface area (Å²) in [6.07, 6.45) is 1.26. The average Bonchev–Trinajstić information content (AvgIpc) is 2.60. The highest BCUT2D eigenvalue weighted by Crippen LogP contribution is 2.25. The van der Waals surface area contributed by atoms with Gasteiger partial charge in [0.25, 0.3) is 0 Å². The molecule has 9 heteroatoms. The van der Waals surface area contributed by atoms with Gasteiger partial charge in [-0.05, 0) is 36.2 Å². The van der Waals surface area contributed by atoms with E-state index in [0.29, 0.717) is 16.5 Å². The van der Waals surface area contributed by atoms with Crippen molar-refractivity contribution < 1.29 is 26.7 Å². The van der Waals surface area contributed by atoms with E-state index in [2.05, 4.69) is 5.32 Å². The van der Waals surface area contributed by atoms with Gasteiger partial charge in [0, 0.05) is 6.54 Å². The summed E-state index contributed by atoms with van der Waals surface area (Å²) in [6, 6.07) is 10.2. The van der Waals surface area contributed by atoms with E-state index in [-0.39, 0.29) is 6.54 Å². The molecule has 2 aromatic carbocycles. The van der Waals surface area contributed by atoms with Crippen LogP contribution in [0.4, 0.5) is 14.5 Å². The molecule has 0 radical (unpaired) electrons. The second-order valence-electron chi connectivity index (χ2n) is 5.79. The van der Waals surface area contributed by atoms with Crippen LogP contribution < -0.4 is 14.4 Å². The summed E-state index contributed by atoms with van der Waals surface area (Å²) in [5, 5.41) is 2.55. The number of hydrogen-bond donors (Lipinski definition) is 1. The van der Waals surface area contributed by atoms with Crippen molar-refractivity contribution in [3.05, 3.63) is 59.7 Å². The van der Waals surface area contributed by atoms with Gasteiger partial charge in [0.2, 0.25) is 15.9 Å². The number of carbonyl (C=O) groups excluding carboxylic acids is 1. The molecule has 0 saturated heterocycles.